The standard InChI is InChI=1S/C14H13N3O3S2/c1-8-4-9(6-10(5-8)17(19)20)13(18)16-14-15-11-2-3-21-7-12(11)22-14/h4-6H,2-3,7H2,1H3,(H,15,16,18). The molecule has 2 aromatic rings. The third-order valence-corrected chi connectivity index (χ3v) is 5.43. The Morgan fingerprint density at radius 1 is 1.41 bits per heavy atom. The molecule has 1 aromatic heterocycles. The molecule has 3 rings (SSSR count). The van der Waals surface area contributed by atoms with Crippen LogP contribution in [0.1, 0.15) is 26.5 Å². The number of thioether (sulfide) groups is 1. The Morgan fingerprint density at radius 3 is 2.95 bits per heavy atom. The van der Waals surface area contributed by atoms with Gasteiger partial charge in [0.05, 0.1) is 10.6 Å². The number of aryl methyl sites for hydroxylation is 2. The summed E-state index contributed by atoms with van der Waals surface area (Å²) in [7, 11) is 0. The average molecular weight is 335 g/mol. The SMILES string of the molecule is Cc1cc(C(=O)Nc2nc3c(s2)CSCC3)cc([N+](=O)[O-])c1. The Hall–Kier alpha value is -1.93. The van der Waals surface area contributed by atoms with Gasteiger partial charge in [-0.3, -0.25) is 20.2 Å². The van der Waals surface area contributed by atoms with E-state index in [0.717, 1.165) is 23.6 Å². The van der Waals surface area contributed by atoms with Crippen molar-refractivity contribution < 1.29 is 9.72 Å². The van der Waals surface area contributed by atoms with Crippen molar-refractivity contribution in [1.82, 2.24) is 4.98 Å². The molecule has 1 aliphatic heterocycles. The van der Waals surface area contributed by atoms with E-state index in [1.165, 1.54) is 28.3 Å². The highest BCUT2D eigenvalue weighted by Gasteiger charge is 2.18. The largest absolute Gasteiger partial charge is 0.298 e. The molecule has 6 nitrogen and oxygen atoms in total. The Kier molecular flexibility index (Phi) is 4.12. The van der Waals surface area contributed by atoms with E-state index in [2.05, 4.69) is 10.3 Å². The van der Waals surface area contributed by atoms with Gasteiger partial charge >= 0.3 is 0 Å². The molecule has 1 N–H and O–H groups in total. The summed E-state index contributed by atoms with van der Waals surface area (Å²) < 4.78 is 0. The minimum Gasteiger partial charge on any atom is -0.298 e. The molecule has 8 heteroatoms. The van der Waals surface area contributed by atoms with Gasteiger partial charge in [0.15, 0.2) is 5.13 Å². The van der Waals surface area contributed by atoms with Crippen LogP contribution in [0.3, 0.4) is 0 Å². The number of thiazole rings is 1. The number of nitrogens with zero attached hydrogens (tertiary/aromatic N) is 2. The van der Waals surface area contributed by atoms with Gasteiger partial charge in [-0.25, -0.2) is 4.98 Å². The fourth-order valence-corrected chi connectivity index (χ4v) is 4.37. The third kappa shape index (κ3) is 3.12. The molecule has 0 fully saturated rings. The van der Waals surface area contributed by atoms with Gasteiger partial charge in [-0.2, -0.15) is 11.8 Å². The molecule has 0 atom stereocenters. The summed E-state index contributed by atoms with van der Waals surface area (Å²) in [6.07, 6.45) is 0.919. The van der Waals surface area contributed by atoms with Gasteiger partial charge in [0, 0.05) is 28.3 Å². The topological polar surface area (TPSA) is 85.1 Å². The van der Waals surface area contributed by atoms with Crippen LogP contribution in [0, 0.1) is 17.0 Å². The quantitative estimate of drug-likeness (QED) is 0.686. The normalized spacial score (nSPS) is 13.5. The van der Waals surface area contributed by atoms with Crippen molar-refractivity contribution in [3.8, 4) is 0 Å². The number of nitro groups is 1. The number of benzene rings is 1. The van der Waals surface area contributed by atoms with E-state index in [-0.39, 0.29) is 17.2 Å². The van der Waals surface area contributed by atoms with E-state index in [1.54, 1.807) is 13.0 Å². The van der Waals surface area contributed by atoms with Crippen LogP contribution in [0.2, 0.25) is 0 Å². The zero-order valence-corrected chi connectivity index (χ0v) is 13.4. The second kappa shape index (κ2) is 6.05. The Labute approximate surface area is 135 Å². The van der Waals surface area contributed by atoms with Crippen molar-refractivity contribution in [2.45, 2.75) is 19.1 Å². The zero-order chi connectivity index (χ0) is 15.7. The van der Waals surface area contributed by atoms with Crippen molar-refractivity contribution in [2.75, 3.05) is 11.1 Å². The minimum absolute atomic E-state index is 0.0833. The lowest BCUT2D eigenvalue weighted by molar-refractivity contribution is -0.384. The Balaban J connectivity index is 1.82. The number of non-ortho nitro benzene ring substituents is 1. The number of anilines is 1. The fraction of sp³-hybridized carbons (Fsp3) is 0.286. The molecular weight excluding hydrogens is 322 g/mol. The van der Waals surface area contributed by atoms with Gasteiger partial charge in [-0.15, -0.1) is 11.3 Å². The lowest BCUT2D eigenvalue weighted by atomic mass is 10.1. The number of amides is 1. The van der Waals surface area contributed by atoms with E-state index < -0.39 is 4.92 Å². The fourth-order valence-electron chi connectivity index (χ4n) is 2.25. The van der Waals surface area contributed by atoms with Crippen LogP contribution in [0.5, 0.6) is 0 Å². The molecule has 0 spiro atoms. The van der Waals surface area contributed by atoms with Crippen molar-refractivity contribution >= 4 is 39.8 Å². The second-order valence-electron chi connectivity index (χ2n) is 4.96. The molecular formula is C14H13N3O3S2. The molecule has 22 heavy (non-hydrogen) atoms. The zero-order valence-electron chi connectivity index (χ0n) is 11.8. The number of fused-ring (bicyclic) bond motifs is 1. The van der Waals surface area contributed by atoms with E-state index in [4.69, 9.17) is 0 Å². The van der Waals surface area contributed by atoms with E-state index in [1.807, 2.05) is 11.8 Å². The van der Waals surface area contributed by atoms with Gasteiger partial charge < -0.3 is 0 Å². The lowest BCUT2D eigenvalue weighted by Crippen LogP contribution is -2.12. The molecule has 1 amide bonds. The number of hydrogen-bond donors (Lipinski definition) is 1. The smallest absolute Gasteiger partial charge is 0.270 e. The number of hydrogen-bond acceptors (Lipinski definition) is 6. The number of carbonyl (C=O) groups excluding carboxylic acids is 1. The molecule has 0 unspecified atom stereocenters. The minimum atomic E-state index is -0.497. The third-order valence-electron chi connectivity index (χ3n) is 3.25. The first-order valence-electron chi connectivity index (χ1n) is 6.66. The van der Waals surface area contributed by atoms with Crippen LogP contribution >= 0.6 is 23.1 Å². The van der Waals surface area contributed by atoms with E-state index >= 15 is 0 Å². The van der Waals surface area contributed by atoms with Gasteiger partial charge in [-0.05, 0) is 30.7 Å². The van der Waals surface area contributed by atoms with Gasteiger partial charge in [0.25, 0.3) is 11.6 Å². The van der Waals surface area contributed by atoms with Crippen LogP contribution in [0.4, 0.5) is 10.8 Å². The Morgan fingerprint density at radius 2 is 2.23 bits per heavy atom. The van der Waals surface area contributed by atoms with Crippen LogP contribution in [0.25, 0.3) is 0 Å². The first kappa shape index (κ1) is 15.0. The van der Waals surface area contributed by atoms with Gasteiger partial charge in [0.2, 0.25) is 0 Å². The van der Waals surface area contributed by atoms with Crippen LogP contribution in [-0.2, 0) is 12.2 Å². The highest BCUT2D eigenvalue weighted by molar-refractivity contribution is 7.98. The highest BCUT2D eigenvalue weighted by Crippen LogP contribution is 2.32. The van der Waals surface area contributed by atoms with Crippen molar-refractivity contribution in [1.29, 1.82) is 0 Å². The van der Waals surface area contributed by atoms with E-state index in [0.29, 0.717) is 10.7 Å². The number of nitrogens with one attached hydrogen (secondary N) is 1. The first-order valence-corrected chi connectivity index (χ1v) is 8.64. The van der Waals surface area contributed by atoms with Crippen LogP contribution in [0.15, 0.2) is 18.2 Å². The summed E-state index contributed by atoms with van der Waals surface area (Å²) in [5.41, 5.74) is 1.91. The number of aromatic nitrogens is 1. The van der Waals surface area contributed by atoms with Gasteiger partial charge in [0.1, 0.15) is 0 Å². The molecule has 0 bridgehead atoms. The maximum Gasteiger partial charge on any atom is 0.270 e. The lowest BCUT2D eigenvalue weighted by Gasteiger charge is -2.06. The first-order chi connectivity index (χ1) is 10.5. The van der Waals surface area contributed by atoms with Crippen LogP contribution in [-0.4, -0.2) is 21.6 Å². The molecule has 0 saturated heterocycles. The highest BCUT2D eigenvalue weighted by atomic mass is 32.2. The maximum atomic E-state index is 12.3. The molecule has 2 heterocycles. The summed E-state index contributed by atoms with van der Waals surface area (Å²) in [6.45, 7) is 1.73. The maximum absolute atomic E-state index is 12.3. The molecule has 1 aliphatic rings. The van der Waals surface area contributed by atoms with E-state index in [9.17, 15) is 14.9 Å². The van der Waals surface area contributed by atoms with Crippen LogP contribution < -0.4 is 5.32 Å². The average Bonchev–Trinajstić information content (AvgIpc) is 2.88. The molecule has 0 radical (unpaired) electrons. The summed E-state index contributed by atoms with van der Waals surface area (Å²) in [6, 6.07) is 4.35. The monoisotopic (exact) mass is 335 g/mol. The van der Waals surface area contributed by atoms with Crippen molar-refractivity contribution in [3.05, 3.63) is 50.0 Å². The Bertz CT molecular complexity index is 734. The summed E-state index contributed by atoms with van der Waals surface area (Å²) in [4.78, 5) is 28.3. The predicted molar refractivity (Wildman–Crippen MR) is 87.8 cm³/mol. The predicted octanol–water partition coefficient (Wildman–Crippen LogP) is 3.40. The number of carbonyl (C=O) groups is 1. The van der Waals surface area contributed by atoms with Gasteiger partial charge in [-0.1, -0.05) is 0 Å². The summed E-state index contributed by atoms with van der Waals surface area (Å²) in [5, 5.41) is 14.2. The molecule has 114 valence electrons. The second-order valence-corrected chi connectivity index (χ2v) is 7.15. The molecule has 1 aromatic carbocycles. The summed E-state index contributed by atoms with van der Waals surface area (Å²) >= 11 is 3.33. The number of rotatable bonds is 3. The van der Waals surface area contributed by atoms with Crippen molar-refractivity contribution in [2.24, 2.45) is 0 Å². The molecule has 0 saturated carbocycles. The molecule has 0 aliphatic carbocycles. The van der Waals surface area contributed by atoms with Crippen molar-refractivity contribution in [3.63, 3.8) is 0 Å². The summed E-state index contributed by atoms with van der Waals surface area (Å²) in [5.74, 6) is 1.61. The number of nitro benzene ring substituents is 1.